The smallest absolute Gasteiger partial charge is 0.323 e. The third kappa shape index (κ3) is 7.03. The van der Waals surface area contributed by atoms with Crippen molar-refractivity contribution in [2.24, 2.45) is 11.8 Å². The summed E-state index contributed by atoms with van der Waals surface area (Å²) in [5.41, 5.74) is 8.72. The van der Waals surface area contributed by atoms with Gasteiger partial charge in [0.25, 0.3) is 0 Å². The molecule has 45 heavy (non-hydrogen) atoms. The summed E-state index contributed by atoms with van der Waals surface area (Å²) in [5, 5.41) is 12.7. The summed E-state index contributed by atoms with van der Waals surface area (Å²) < 4.78 is 0. The Balaban J connectivity index is 1.11. The number of carbonyl (C=O) groups excluding carboxylic acids is 3. The number of nitrogens with one attached hydrogen (secondary N) is 3. The van der Waals surface area contributed by atoms with Gasteiger partial charge in [0.1, 0.15) is 11.0 Å². The van der Waals surface area contributed by atoms with Gasteiger partial charge < -0.3 is 31.1 Å². The van der Waals surface area contributed by atoms with Gasteiger partial charge in [-0.05, 0) is 92.6 Å². The minimum absolute atomic E-state index is 0.0415. The van der Waals surface area contributed by atoms with Crippen molar-refractivity contribution in [3.05, 3.63) is 45.3 Å². The lowest BCUT2D eigenvalue weighted by Gasteiger charge is -2.41. The summed E-state index contributed by atoms with van der Waals surface area (Å²) in [6.45, 7) is 5.08. The molecule has 1 atom stereocenters. The number of nitrogens with zero attached hydrogens (tertiary/aromatic N) is 3. The van der Waals surface area contributed by atoms with E-state index in [4.69, 9.17) is 23.8 Å². The fourth-order valence-electron chi connectivity index (χ4n) is 7.38. The fourth-order valence-corrected chi connectivity index (χ4v) is 8.42. The Morgan fingerprint density at radius 3 is 2.47 bits per heavy atom. The average Bonchev–Trinajstić information content (AvgIpc) is 3.53. The molecule has 1 aromatic carbocycles. The number of fused-ring (bicyclic) bond motifs is 1. The molecule has 1 aromatic heterocycles. The van der Waals surface area contributed by atoms with Crippen molar-refractivity contribution < 1.29 is 14.4 Å². The molecule has 0 spiro atoms. The second-order valence-electron chi connectivity index (χ2n) is 12.7. The van der Waals surface area contributed by atoms with Gasteiger partial charge in [0.15, 0.2) is 0 Å². The Kier molecular flexibility index (Phi) is 9.73. The highest BCUT2D eigenvalue weighted by atomic mass is 35.5. The largest absolute Gasteiger partial charge is 0.397 e. The van der Waals surface area contributed by atoms with Gasteiger partial charge in [0.2, 0.25) is 5.91 Å². The van der Waals surface area contributed by atoms with Crippen LogP contribution in [0, 0.1) is 24.2 Å². The zero-order chi connectivity index (χ0) is 31.5. The Bertz CT molecular complexity index is 1450. The number of rotatable bonds is 6. The maximum absolute atomic E-state index is 14.0. The number of hydrogen-bond acceptors (Lipinski definition) is 6. The SMILES string of the molecule is C#Cc1cc(C[C@@H](NC(=O)N2CCC(N3Cc4ccsc4NC3=O)CC2)C(=O)N2CCC(C3CCNCC3)CC2)cc(Cl)c1N. The van der Waals surface area contributed by atoms with Crippen LogP contribution < -0.4 is 21.7 Å². The first-order valence-corrected chi connectivity index (χ1v) is 17.3. The lowest BCUT2D eigenvalue weighted by molar-refractivity contribution is -0.135. The lowest BCUT2D eigenvalue weighted by Crippen LogP contribution is -2.57. The highest BCUT2D eigenvalue weighted by Gasteiger charge is 2.36. The average molecular weight is 652 g/mol. The summed E-state index contributed by atoms with van der Waals surface area (Å²) in [7, 11) is 0. The molecule has 0 radical (unpaired) electrons. The van der Waals surface area contributed by atoms with Gasteiger partial charge in [0.05, 0.1) is 17.3 Å². The maximum atomic E-state index is 14.0. The highest BCUT2D eigenvalue weighted by molar-refractivity contribution is 7.14. The normalized spacial score (nSPS) is 20.7. The van der Waals surface area contributed by atoms with Gasteiger partial charge >= 0.3 is 12.1 Å². The number of likely N-dealkylation sites (tertiary alicyclic amines) is 2. The van der Waals surface area contributed by atoms with Gasteiger partial charge in [-0.3, -0.25) is 10.1 Å². The van der Waals surface area contributed by atoms with Crippen molar-refractivity contribution in [2.75, 3.05) is 50.3 Å². The van der Waals surface area contributed by atoms with Crippen LogP contribution in [0.25, 0.3) is 0 Å². The zero-order valence-electron chi connectivity index (χ0n) is 25.5. The number of terminal acetylenes is 1. The third-order valence-electron chi connectivity index (χ3n) is 10.0. The number of amides is 5. The molecule has 2 aromatic rings. The summed E-state index contributed by atoms with van der Waals surface area (Å²) in [6.07, 6.45) is 11.6. The predicted octanol–water partition coefficient (Wildman–Crippen LogP) is 4.34. The van der Waals surface area contributed by atoms with Gasteiger partial charge in [-0.2, -0.15) is 0 Å². The molecule has 0 saturated carbocycles. The van der Waals surface area contributed by atoms with Crippen molar-refractivity contribution in [1.29, 1.82) is 0 Å². The number of piperidine rings is 3. The molecule has 12 heteroatoms. The predicted molar refractivity (Wildman–Crippen MR) is 178 cm³/mol. The van der Waals surface area contributed by atoms with Gasteiger partial charge in [0, 0.05) is 49.8 Å². The molecule has 3 fully saturated rings. The minimum atomic E-state index is -0.777. The number of carbonyl (C=O) groups is 3. The molecule has 5 N–H and O–H groups in total. The second-order valence-corrected chi connectivity index (χ2v) is 14.0. The first-order chi connectivity index (χ1) is 21.8. The lowest BCUT2D eigenvalue weighted by atomic mass is 9.79. The van der Waals surface area contributed by atoms with E-state index in [0.29, 0.717) is 73.7 Å². The van der Waals surface area contributed by atoms with Crippen LogP contribution in [0.2, 0.25) is 5.02 Å². The summed E-state index contributed by atoms with van der Waals surface area (Å²) in [6, 6.07) is 4.44. The van der Waals surface area contributed by atoms with Crippen molar-refractivity contribution in [2.45, 2.75) is 63.6 Å². The van der Waals surface area contributed by atoms with E-state index in [2.05, 4.69) is 21.9 Å². The van der Waals surface area contributed by atoms with Gasteiger partial charge in [-0.1, -0.05) is 17.5 Å². The number of thiophene rings is 1. The van der Waals surface area contributed by atoms with Gasteiger partial charge in [-0.15, -0.1) is 17.8 Å². The molecule has 3 saturated heterocycles. The molecule has 5 heterocycles. The summed E-state index contributed by atoms with van der Waals surface area (Å²) >= 11 is 7.92. The quantitative estimate of drug-likeness (QED) is 0.274. The number of nitrogens with two attached hydrogens (primary N) is 1. The number of anilines is 2. The standard InChI is InChI=1S/C33H42ClN7O3S/c1-2-22-17-21(18-27(34)29(22)35)19-28(31(42)39-12-5-24(6-13-39)23-3-10-36-11-4-23)37-32(43)40-14-7-26(8-15-40)41-20-25-9-16-45-30(25)38-33(41)44/h1,9,16-18,23-24,26,28,36H,3-8,10-15,19-20,35H2,(H,37,43)(H,38,44)/t28-/m1/s1. The van der Waals surface area contributed by atoms with Crippen molar-refractivity contribution in [3.63, 3.8) is 0 Å². The Morgan fingerprint density at radius 1 is 1.07 bits per heavy atom. The molecular formula is C33H42ClN7O3S. The number of nitrogen functional groups attached to an aromatic ring is 1. The molecule has 4 aliphatic heterocycles. The first-order valence-electron chi connectivity index (χ1n) is 16.0. The van der Waals surface area contributed by atoms with Crippen molar-refractivity contribution in [1.82, 2.24) is 25.3 Å². The van der Waals surface area contributed by atoms with E-state index in [-0.39, 0.29) is 30.4 Å². The first kappa shape index (κ1) is 31.5. The molecule has 240 valence electrons. The topological polar surface area (TPSA) is 123 Å². The fraction of sp³-hybridized carbons (Fsp3) is 0.545. The van der Waals surface area contributed by atoms with E-state index in [1.165, 1.54) is 24.2 Å². The monoisotopic (exact) mass is 651 g/mol. The van der Waals surface area contributed by atoms with Crippen LogP contribution in [0.5, 0.6) is 0 Å². The molecule has 0 unspecified atom stereocenters. The van der Waals surface area contributed by atoms with Crippen LogP contribution in [-0.2, 0) is 17.8 Å². The molecule has 5 amide bonds. The number of halogens is 1. The molecule has 6 rings (SSSR count). The maximum Gasteiger partial charge on any atom is 0.323 e. The van der Waals surface area contributed by atoms with Crippen LogP contribution in [0.3, 0.4) is 0 Å². The molecule has 4 aliphatic rings. The summed E-state index contributed by atoms with van der Waals surface area (Å²) in [4.78, 5) is 45.9. The number of urea groups is 2. The summed E-state index contributed by atoms with van der Waals surface area (Å²) in [5.74, 6) is 3.83. The minimum Gasteiger partial charge on any atom is -0.397 e. The van der Waals surface area contributed by atoms with Crippen molar-refractivity contribution >= 4 is 51.6 Å². The number of benzene rings is 1. The van der Waals surface area contributed by atoms with E-state index in [0.717, 1.165) is 42.1 Å². The Labute approximate surface area is 274 Å². The molecule has 0 aliphatic carbocycles. The number of hydrogen-bond donors (Lipinski definition) is 4. The third-order valence-corrected chi connectivity index (χ3v) is 11.2. The zero-order valence-corrected chi connectivity index (χ0v) is 27.1. The molecule has 0 bridgehead atoms. The van der Waals surface area contributed by atoms with Crippen molar-refractivity contribution in [3.8, 4) is 12.3 Å². The Hall–Kier alpha value is -3.46. The van der Waals surface area contributed by atoms with E-state index in [9.17, 15) is 14.4 Å². The molecule has 10 nitrogen and oxygen atoms in total. The molecular weight excluding hydrogens is 610 g/mol. The van der Waals surface area contributed by atoms with E-state index >= 15 is 0 Å². The van der Waals surface area contributed by atoms with E-state index in [1.807, 2.05) is 21.2 Å². The Morgan fingerprint density at radius 2 is 1.76 bits per heavy atom. The van der Waals surface area contributed by atoms with Crippen LogP contribution >= 0.6 is 22.9 Å². The van der Waals surface area contributed by atoms with Crippen LogP contribution in [0.1, 0.15) is 55.2 Å². The van der Waals surface area contributed by atoms with Gasteiger partial charge in [-0.25, -0.2) is 9.59 Å². The van der Waals surface area contributed by atoms with E-state index < -0.39 is 6.04 Å². The van der Waals surface area contributed by atoms with Crippen LogP contribution in [0.4, 0.5) is 20.3 Å². The highest BCUT2D eigenvalue weighted by Crippen LogP contribution is 2.33. The second kappa shape index (κ2) is 13.9. The van der Waals surface area contributed by atoms with Crippen LogP contribution in [0.15, 0.2) is 23.6 Å². The van der Waals surface area contributed by atoms with E-state index in [1.54, 1.807) is 17.0 Å². The van der Waals surface area contributed by atoms with Crippen LogP contribution in [-0.4, -0.2) is 84.0 Å².